The molecule has 0 saturated heterocycles. The zero-order valence-corrected chi connectivity index (χ0v) is 13.7. The van der Waals surface area contributed by atoms with Gasteiger partial charge in [0.15, 0.2) is 0 Å². The minimum Gasteiger partial charge on any atom is -0.296 e. The van der Waals surface area contributed by atoms with Crippen LogP contribution in [0.2, 0.25) is 0 Å². The minimum absolute atomic E-state index is 0.0766. The second kappa shape index (κ2) is 5.98. The summed E-state index contributed by atoms with van der Waals surface area (Å²) in [6.45, 7) is 2.84. The van der Waals surface area contributed by atoms with Crippen LogP contribution in [0.3, 0.4) is 0 Å². The average molecular weight is 314 g/mol. The maximum atomic E-state index is 12.6. The van der Waals surface area contributed by atoms with E-state index in [1.807, 2.05) is 34.9 Å². The first kappa shape index (κ1) is 14.7. The molecule has 0 atom stereocenters. The topological polar surface area (TPSA) is 34.9 Å². The minimum atomic E-state index is 0.0766. The molecule has 4 rings (SSSR count). The Kier molecular flexibility index (Phi) is 3.66. The van der Waals surface area contributed by atoms with Gasteiger partial charge in [-0.25, -0.2) is 4.98 Å². The Hall–Kier alpha value is -2.86. The van der Waals surface area contributed by atoms with Gasteiger partial charge in [-0.2, -0.15) is 0 Å². The van der Waals surface area contributed by atoms with E-state index in [0.29, 0.717) is 5.39 Å². The lowest BCUT2D eigenvalue weighted by Gasteiger charge is -2.17. The fourth-order valence-corrected chi connectivity index (χ4v) is 3.10. The van der Waals surface area contributed by atoms with Crippen molar-refractivity contribution in [2.75, 3.05) is 0 Å². The number of nitrogens with zero attached hydrogens (tertiary/aromatic N) is 2. The van der Waals surface area contributed by atoms with Gasteiger partial charge < -0.3 is 0 Å². The number of hydrogen-bond donors (Lipinski definition) is 0. The van der Waals surface area contributed by atoms with E-state index in [-0.39, 0.29) is 5.56 Å². The molecule has 3 nitrogen and oxygen atoms in total. The number of aryl methyl sites for hydroxylation is 2. The molecule has 3 heteroatoms. The van der Waals surface area contributed by atoms with E-state index in [1.165, 1.54) is 5.56 Å². The van der Waals surface area contributed by atoms with E-state index < -0.39 is 0 Å². The molecule has 2 aromatic carbocycles. The molecular formula is C21H18N2O. The SMILES string of the molecule is Cc1ccc(C#Cc2ccc3c(=O)n4c(nc3c2)CCCC4)cc1. The molecule has 0 saturated carbocycles. The Morgan fingerprint density at radius 2 is 1.75 bits per heavy atom. The van der Waals surface area contributed by atoms with Gasteiger partial charge in [0, 0.05) is 24.1 Å². The van der Waals surface area contributed by atoms with Crippen LogP contribution in [0.4, 0.5) is 0 Å². The van der Waals surface area contributed by atoms with Crippen molar-refractivity contribution in [3.63, 3.8) is 0 Å². The predicted octanol–water partition coefficient (Wildman–Crippen LogP) is 3.44. The maximum Gasteiger partial charge on any atom is 0.261 e. The molecule has 0 fully saturated rings. The summed E-state index contributed by atoms with van der Waals surface area (Å²) in [4.78, 5) is 17.3. The summed E-state index contributed by atoms with van der Waals surface area (Å²) in [6.07, 6.45) is 3.04. The van der Waals surface area contributed by atoms with E-state index in [9.17, 15) is 4.79 Å². The van der Waals surface area contributed by atoms with Gasteiger partial charge in [-0.1, -0.05) is 29.5 Å². The summed E-state index contributed by atoms with van der Waals surface area (Å²) in [5, 5.41) is 0.682. The molecule has 3 aromatic rings. The molecular weight excluding hydrogens is 296 g/mol. The Bertz CT molecular complexity index is 1030. The second-order valence-electron chi connectivity index (χ2n) is 6.29. The second-order valence-corrected chi connectivity index (χ2v) is 6.29. The third-order valence-corrected chi connectivity index (χ3v) is 4.47. The molecule has 118 valence electrons. The first-order valence-electron chi connectivity index (χ1n) is 8.33. The van der Waals surface area contributed by atoms with Crippen molar-refractivity contribution in [2.24, 2.45) is 0 Å². The van der Waals surface area contributed by atoms with Crippen molar-refractivity contribution in [1.82, 2.24) is 9.55 Å². The van der Waals surface area contributed by atoms with Crippen LogP contribution in [0.25, 0.3) is 10.9 Å². The average Bonchev–Trinajstić information content (AvgIpc) is 2.61. The first-order chi connectivity index (χ1) is 11.7. The molecule has 1 aliphatic rings. The van der Waals surface area contributed by atoms with Crippen molar-refractivity contribution in [2.45, 2.75) is 32.7 Å². The zero-order valence-electron chi connectivity index (χ0n) is 13.7. The number of aromatic nitrogens is 2. The normalized spacial score (nSPS) is 13.2. The highest BCUT2D eigenvalue weighted by Crippen LogP contribution is 2.16. The number of benzene rings is 2. The molecule has 0 spiro atoms. The van der Waals surface area contributed by atoms with Crippen LogP contribution in [0.5, 0.6) is 0 Å². The van der Waals surface area contributed by atoms with Crippen molar-refractivity contribution >= 4 is 10.9 Å². The van der Waals surface area contributed by atoms with Crippen LogP contribution in [0, 0.1) is 18.8 Å². The van der Waals surface area contributed by atoms with Crippen LogP contribution < -0.4 is 5.56 Å². The Labute approximate surface area is 141 Å². The summed E-state index contributed by atoms with van der Waals surface area (Å²) < 4.78 is 1.82. The van der Waals surface area contributed by atoms with Gasteiger partial charge in [0.2, 0.25) is 0 Å². The Morgan fingerprint density at radius 1 is 1.00 bits per heavy atom. The predicted molar refractivity (Wildman–Crippen MR) is 96.1 cm³/mol. The summed E-state index contributed by atoms with van der Waals surface area (Å²) >= 11 is 0. The van der Waals surface area contributed by atoms with E-state index in [0.717, 1.165) is 48.3 Å². The summed E-state index contributed by atoms with van der Waals surface area (Å²) in [7, 11) is 0. The number of hydrogen-bond acceptors (Lipinski definition) is 2. The standard InChI is InChI=1S/C21H18N2O/c1-15-5-7-16(8-6-15)9-10-17-11-12-18-19(14-17)22-20-4-2-3-13-23(20)21(18)24/h5-8,11-12,14H,2-4,13H2,1H3. The molecule has 0 N–H and O–H groups in total. The van der Waals surface area contributed by atoms with Gasteiger partial charge in [-0.05, 0) is 50.1 Å². The summed E-state index contributed by atoms with van der Waals surface area (Å²) in [6, 6.07) is 13.8. The maximum absolute atomic E-state index is 12.6. The van der Waals surface area contributed by atoms with Crippen molar-refractivity contribution in [3.05, 3.63) is 75.3 Å². The highest BCUT2D eigenvalue weighted by Gasteiger charge is 2.14. The van der Waals surface area contributed by atoms with Gasteiger partial charge in [-0.15, -0.1) is 0 Å². The Morgan fingerprint density at radius 3 is 2.58 bits per heavy atom. The zero-order chi connectivity index (χ0) is 16.5. The highest BCUT2D eigenvalue weighted by atomic mass is 16.1. The van der Waals surface area contributed by atoms with Crippen LogP contribution in [0.15, 0.2) is 47.3 Å². The number of fused-ring (bicyclic) bond motifs is 2. The summed E-state index contributed by atoms with van der Waals surface area (Å²) in [5.41, 5.74) is 3.92. The molecule has 0 bridgehead atoms. The summed E-state index contributed by atoms with van der Waals surface area (Å²) in [5.74, 6) is 7.25. The van der Waals surface area contributed by atoms with E-state index in [2.05, 4.69) is 30.9 Å². The van der Waals surface area contributed by atoms with Crippen LogP contribution in [0.1, 0.15) is 35.4 Å². The highest BCUT2D eigenvalue weighted by molar-refractivity contribution is 5.79. The quantitative estimate of drug-likeness (QED) is 0.596. The smallest absolute Gasteiger partial charge is 0.261 e. The molecule has 0 radical (unpaired) electrons. The van der Waals surface area contributed by atoms with Crippen molar-refractivity contribution in [3.8, 4) is 11.8 Å². The van der Waals surface area contributed by atoms with Gasteiger partial charge in [0.05, 0.1) is 10.9 Å². The van der Waals surface area contributed by atoms with Crippen LogP contribution in [-0.2, 0) is 13.0 Å². The first-order valence-corrected chi connectivity index (χ1v) is 8.33. The molecule has 1 aliphatic heterocycles. The Balaban J connectivity index is 1.76. The number of rotatable bonds is 0. The lowest BCUT2D eigenvalue weighted by Crippen LogP contribution is -2.28. The molecule has 0 aliphatic carbocycles. The van der Waals surface area contributed by atoms with E-state index in [1.54, 1.807) is 0 Å². The van der Waals surface area contributed by atoms with Gasteiger partial charge in [0.1, 0.15) is 5.82 Å². The molecule has 24 heavy (non-hydrogen) atoms. The van der Waals surface area contributed by atoms with Crippen molar-refractivity contribution in [1.29, 1.82) is 0 Å². The fourth-order valence-electron chi connectivity index (χ4n) is 3.10. The van der Waals surface area contributed by atoms with Crippen LogP contribution in [-0.4, -0.2) is 9.55 Å². The van der Waals surface area contributed by atoms with Crippen molar-refractivity contribution < 1.29 is 0 Å². The lowest BCUT2D eigenvalue weighted by atomic mass is 10.1. The third kappa shape index (κ3) is 2.72. The molecule has 0 amide bonds. The van der Waals surface area contributed by atoms with Gasteiger partial charge >= 0.3 is 0 Å². The molecule has 2 heterocycles. The monoisotopic (exact) mass is 314 g/mol. The molecule has 1 aromatic heterocycles. The lowest BCUT2D eigenvalue weighted by molar-refractivity contribution is 0.501. The molecule has 0 unspecified atom stereocenters. The van der Waals surface area contributed by atoms with Gasteiger partial charge in [-0.3, -0.25) is 9.36 Å². The van der Waals surface area contributed by atoms with E-state index in [4.69, 9.17) is 4.98 Å². The largest absolute Gasteiger partial charge is 0.296 e. The van der Waals surface area contributed by atoms with E-state index >= 15 is 0 Å². The van der Waals surface area contributed by atoms with Crippen LogP contribution >= 0.6 is 0 Å². The van der Waals surface area contributed by atoms with Gasteiger partial charge in [0.25, 0.3) is 5.56 Å². The fraction of sp³-hybridized carbons (Fsp3) is 0.238. The third-order valence-electron chi connectivity index (χ3n) is 4.47.